The van der Waals surface area contributed by atoms with Gasteiger partial charge in [-0.2, -0.15) is 0 Å². The summed E-state index contributed by atoms with van der Waals surface area (Å²) in [6.07, 6.45) is 5.72. The summed E-state index contributed by atoms with van der Waals surface area (Å²) in [5.41, 5.74) is 5.59. The number of hydrogen-bond acceptors (Lipinski definition) is 2. The fourth-order valence-corrected chi connectivity index (χ4v) is 1.59. The Morgan fingerprint density at radius 3 is 2.73 bits per heavy atom. The normalized spacial score (nSPS) is 12.2. The molecule has 3 heteroatoms. The minimum absolute atomic E-state index is 0.00345. The molecule has 0 bridgehead atoms. The summed E-state index contributed by atoms with van der Waals surface area (Å²) < 4.78 is 0. The van der Waals surface area contributed by atoms with Crippen molar-refractivity contribution in [2.75, 3.05) is 20.1 Å². The summed E-state index contributed by atoms with van der Waals surface area (Å²) >= 11 is 0. The largest absolute Gasteiger partial charge is 0.345 e. The van der Waals surface area contributed by atoms with Crippen LogP contribution in [0.4, 0.5) is 0 Å². The lowest BCUT2D eigenvalue weighted by molar-refractivity contribution is -0.134. The molecule has 88 valence electrons. The Bertz CT molecular complexity index is 192. The van der Waals surface area contributed by atoms with Crippen LogP contribution in [0, 0.1) is 5.92 Å². The number of rotatable bonds is 8. The molecule has 0 aromatic carbocycles. The molecule has 2 N–H and O–H groups in total. The average Bonchev–Trinajstić information content (AvgIpc) is 2.25. The van der Waals surface area contributed by atoms with Crippen LogP contribution in [-0.2, 0) is 4.79 Å². The molecule has 0 aromatic heterocycles. The monoisotopic (exact) mass is 212 g/mol. The maximum atomic E-state index is 11.9. The van der Waals surface area contributed by atoms with E-state index in [0.717, 1.165) is 32.2 Å². The lowest BCUT2D eigenvalue weighted by Gasteiger charge is -2.22. The third kappa shape index (κ3) is 5.57. The van der Waals surface area contributed by atoms with Crippen molar-refractivity contribution in [2.45, 2.75) is 32.6 Å². The van der Waals surface area contributed by atoms with Crippen LogP contribution in [0.15, 0.2) is 12.7 Å². The van der Waals surface area contributed by atoms with Gasteiger partial charge >= 0.3 is 0 Å². The zero-order valence-electron chi connectivity index (χ0n) is 10.0. The number of nitrogens with two attached hydrogens (primary N) is 1. The quantitative estimate of drug-likeness (QED) is 0.492. The van der Waals surface area contributed by atoms with Gasteiger partial charge in [-0.05, 0) is 19.3 Å². The molecule has 0 aliphatic carbocycles. The highest BCUT2D eigenvalue weighted by molar-refractivity contribution is 5.78. The van der Waals surface area contributed by atoms with Crippen molar-refractivity contribution in [3.8, 4) is 0 Å². The molecular formula is C12H24N2O. The number of allylic oxidation sites excluding steroid dienone is 1. The SMILES string of the molecule is C=CCCCN(C)C(=O)C(CN)CCC. The molecule has 0 aliphatic heterocycles. The highest BCUT2D eigenvalue weighted by Gasteiger charge is 2.18. The van der Waals surface area contributed by atoms with Crippen LogP contribution in [0.2, 0.25) is 0 Å². The topological polar surface area (TPSA) is 46.3 Å². The van der Waals surface area contributed by atoms with E-state index in [4.69, 9.17) is 5.73 Å². The van der Waals surface area contributed by atoms with Gasteiger partial charge < -0.3 is 10.6 Å². The van der Waals surface area contributed by atoms with E-state index in [0.29, 0.717) is 6.54 Å². The van der Waals surface area contributed by atoms with E-state index in [-0.39, 0.29) is 11.8 Å². The van der Waals surface area contributed by atoms with Crippen LogP contribution in [0.1, 0.15) is 32.6 Å². The zero-order chi connectivity index (χ0) is 11.7. The third-order valence-corrected chi connectivity index (χ3v) is 2.55. The van der Waals surface area contributed by atoms with Crippen LogP contribution in [-0.4, -0.2) is 30.9 Å². The van der Waals surface area contributed by atoms with Gasteiger partial charge in [0.05, 0.1) is 5.92 Å². The molecule has 0 rings (SSSR count). The highest BCUT2D eigenvalue weighted by atomic mass is 16.2. The standard InChI is InChI=1S/C12H24N2O/c1-4-6-7-9-14(3)12(15)11(10-13)8-5-2/h4,11H,1,5-10,13H2,2-3H3. The number of carbonyl (C=O) groups is 1. The fourth-order valence-electron chi connectivity index (χ4n) is 1.59. The van der Waals surface area contributed by atoms with Crippen molar-refractivity contribution in [3.63, 3.8) is 0 Å². The highest BCUT2D eigenvalue weighted by Crippen LogP contribution is 2.08. The fraction of sp³-hybridized carbons (Fsp3) is 0.750. The molecule has 1 unspecified atom stereocenters. The summed E-state index contributed by atoms with van der Waals surface area (Å²) in [6, 6.07) is 0. The van der Waals surface area contributed by atoms with E-state index in [1.807, 2.05) is 13.1 Å². The molecule has 1 atom stereocenters. The van der Waals surface area contributed by atoms with Crippen molar-refractivity contribution >= 4 is 5.91 Å². The van der Waals surface area contributed by atoms with Gasteiger partial charge in [0.15, 0.2) is 0 Å². The summed E-state index contributed by atoms with van der Waals surface area (Å²) in [7, 11) is 1.85. The van der Waals surface area contributed by atoms with E-state index in [1.54, 1.807) is 4.90 Å². The van der Waals surface area contributed by atoms with E-state index in [1.165, 1.54) is 0 Å². The van der Waals surface area contributed by atoms with Crippen molar-refractivity contribution < 1.29 is 4.79 Å². The summed E-state index contributed by atoms with van der Waals surface area (Å²) in [5, 5.41) is 0. The summed E-state index contributed by atoms with van der Waals surface area (Å²) in [4.78, 5) is 13.7. The first-order valence-corrected chi connectivity index (χ1v) is 5.73. The number of hydrogen-bond donors (Lipinski definition) is 1. The van der Waals surface area contributed by atoms with Gasteiger partial charge in [0, 0.05) is 20.1 Å². The van der Waals surface area contributed by atoms with E-state index in [2.05, 4.69) is 13.5 Å². The van der Waals surface area contributed by atoms with Crippen LogP contribution in [0.25, 0.3) is 0 Å². The van der Waals surface area contributed by atoms with Gasteiger partial charge in [-0.3, -0.25) is 4.79 Å². The number of unbranched alkanes of at least 4 members (excludes halogenated alkanes) is 1. The second kappa shape index (κ2) is 8.48. The third-order valence-electron chi connectivity index (χ3n) is 2.55. The molecule has 0 aromatic rings. The molecule has 3 nitrogen and oxygen atoms in total. The van der Waals surface area contributed by atoms with Crippen LogP contribution in [0.3, 0.4) is 0 Å². The van der Waals surface area contributed by atoms with Crippen molar-refractivity contribution in [2.24, 2.45) is 11.7 Å². The molecule has 0 spiro atoms. The van der Waals surface area contributed by atoms with E-state index < -0.39 is 0 Å². The van der Waals surface area contributed by atoms with E-state index in [9.17, 15) is 4.79 Å². The molecule has 1 amide bonds. The summed E-state index contributed by atoms with van der Waals surface area (Å²) in [6.45, 7) is 6.99. The number of nitrogens with zero attached hydrogens (tertiary/aromatic N) is 1. The first-order valence-electron chi connectivity index (χ1n) is 5.73. The van der Waals surface area contributed by atoms with Gasteiger partial charge in [-0.1, -0.05) is 19.4 Å². The van der Waals surface area contributed by atoms with Crippen LogP contribution in [0.5, 0.6) is 0 Å². The molecule has 0 heterocycles. The Morgan fingerprint density at radius 1 is 1.60 bits per heavy atom. The smallest absolute Gasteiger partial charge is 0.226 e. The molecular weight excluding hydrogens is 188 g/mol. The van der Waals surface area contributed by atoms with Crippen molar-refractivity contribution in [1.29, 1.82) is 0 Å². The van der Waals surface area contributed by atoms with E-state index >= 15 is 0 Å². The zero-order valence-corrected chi connectivity index (χ0v) is 10.0. The van der Waals surface area contributed by atoms with Gasteiger partial charge in [0.1, 0.15) is 0 Å². The Morgan fingerprint density at radius 2 is 2.27 bits per heavy atom. The van der Waals surface area contributed by atoms with Gasteiger partial charge in [0.25, 0.3) is 0 Å². The number of carbonyl (C=O) groups excluding carboxylic acids is 1. The van der Waals surface area contributed by atoms with Crippen LogP contribution >= 0.6 is 0 Å². The predicted octanol–water partition coefficient (Wildman–Crippen LogP) is 1.79. The molecule has 0 saturated heterocycles. The average molecular weight is 212 g/mol. The van der Waals surface area contributed by atoms with Gasteiger partial charge in [0.2, 0.25) is 5.91 Å². The van der Waals surface area contributed by atoms with Crippen molar-refractivity contribution in [1.82, 2.24) is 4.90 Å². The maximum absolute atomic E-state index is 11.9. The number of amides is 1. The predicted molar refractivity (Wildman–Crippen MR) is 64.5 cm³/mol. The Hall–Kier alpha value is -0.830. The Balaban J connectivity index is 3.97. The second-order valence-corrected chi connectivity index (χ2v) is 3.91. The minimum Gasteiger partial charge on any atom is -0.345 e. The molecule has 0 aliphatic rings. The Labute approximate surface area is 93.3 Å². The van der Waals surface area contributed by atoms with Crippen LogP contribution < -0.4 is 5.73 Å². The Kier molecular flexibility index (Phi) is 8.01. The van der Waals surface area contributed by atoms with Gasteiger partial charge in [-0.15, -0.1) is 6.58 Å². The molecule has 0 radical (unpaired) electrons. The summed E-state index contributed by atoms with van der Waals surface area (Å²) in [5.74, 6) is 0.187. The van der Waals surface area contributed by atoms with Crippen molar-refractivity contribution in [3.05, 3.63) is 12.7 Å². The van der Waals surface area contributed by atoms with Gasteiger partial charge in [-0.25, -0.2) is 0 Å². The second-order valence-electron chi connectivity index (χ2n) is 3.91. The minimum atomic E-state index is 0.00345. The molecule has 15 heavy (non-hydrogen) atoms. The molecule has 0 saturated carbocycles. The lowest BCUT2D eigenvalue weighted by atomic mass is 10.0. The first-order chi connectivity index (χ1) is 7.17. The molecule has 0 fully saturated rings. The first kappa shape index (κ1) is 14.2. The lowest BCUT2D eigenvalue weighted by Crippen LogP contribution is -2.37. The maximum Gasteiger partial charge on any atom is 0.226 e.